The molecule has 5 aromatic heterocycles. The average molecular weight is 407 g/mol. The third-order valence-electron chi connectivity index (χ3n) is 5.20. The molecule has 148 valence electrons. The number of nitrogens with zero attached hydrogens (tertiary/aromatic N) is 5. The molecule has 0 bridgehead atoms. The zero-order valence-electron chi connectivity index (χ0n) is 16.0. The van der Waals surface area contributed by atoms with Crippen molar-refractivity contribution in [1.29, 1.82) is 0 Å². The molecule has 0 aliphatic heterocycles. The van der Waals surface area contributed by atoms with Crippen LogP contribution < -0.4 is 0 Å². The van der Waals surface area contributed by atoms with Crippen molar-refractivity contribution in [2.75, 3.05) is 0 Å². The second kappa shape index (κ2) is 6.81. The maximum atomic E-state index is 13.8. The van der Waals surface area contributed by atoms with Crippen molar-refractivity contribution in [3.05, 3.63) is 79.4 Å². The van der Waals surface area contributed by atoms with Crippen LogP contribution in [0.3, 0.4) is 0 Å². The number of halogens is 1. The maximum absolute atomic E-state index is 13.8. The molecule has 0 aliphatic rings. The Kier molecular flexibility index (Phi) is 3.82. The van der Waals surface area contributed by atoms with E-state index in [0.29, 0.717) is 5.69 Å². The first-order valence-corrected chi connectivity index (χ1v) is 9.60. The normalized spacial score (nSPS) is 11.4. The van der Waals surface area contributed by atoms with Gasteiger partial charge in [-0.3, -0.25) is 10.1 Å². The van der Waals surface area contributed by atoms with Crippen LogP contribution in [0, 0.1) is 5.82 Å². The topological polar surface area (TPSA) is 96.0 Å². The summed E-state index contributed by atoms with van der Waals surface area (Å²) in [6, 6.07) is 12.3. The lowest BCUT2D eigenvalue weighted by Gasteiger charge is -2.02. The van der Waals surface area contributed by atoms with E-state index in [0.717, 1.165) is 50.0 Å². The number of hydrogen-bond donors (Lipinski definition) is 2. The van der Waals surface area contributed by atoms with Crippen LogP contribution in [-0.2, 0) is 0 Å². The Labute approximate surface area is 175 Å². The second-order valence-electron chi connectivity index (χ2n) is 7.13. The van der Waals surface area contributed by atoms with Crippen molar-refractivity contribution < 1.29 is 4.39 Å². The first-order valence-electron chi connectivity index (χ1n) is 9.60. The van der Waals surface area contributed by atoms with Gasteiger partial charge < -0.3 is 4.98 Å². The van der Waals surface area contributed by atoms with E-state index in [1.54, 1.807) is 30.9 Å². The molecule has 8 heteroatoms. The van der Waals surface area contributed by atoms with E-state index in [9.17, 15) is 4.39 Å². The lowest BCUT2D eigenvalue weighted by molar-refractivity contribution is 0.628. The summed E-state index contributed by atoms with van der Waals surface area (Å²) in [5.74, 6) is -0.287. The zero-order chi connectivity index (χ0) is 20.8. The molecule has 0 saturated carbocycles. The molecule has 2 N–H and O–H groups in total. The number of nitrogens with one attached hydrogen (secondary N) is 2. The Morgan fingerprint density at radius 1 is 0.806 bits per heavy atom. The van der Waals surface area contributed by atoms with Crippen LogP contribution in [0.15, 0.2) is 73.6 Å². The van der Waals surface area contributed by atoms with E-state index in [4.69, 9.17) is 4.98 Å². The highest BCUT2D eigenvalue weighted by molar-refractivity contribution is 5.99. The first-order chi connectivity index (χ1) is 15.3. The highest BCUT2D eigenvalue weighted by Crippen LogP contribution is 2.33. The van der Waals surface area contributed by atoms with Gasteiger partial charge in [-0.1, -0.05) is 12.1 Å². The van der Waals surface area contributed by atoms with Gasteiger partial charge in [0.25, 0.3) is 0 Å². The summed E-state index contributed by atoms with van der Waals surface area (Å²) in [6.45, 7) is 0. The van der Waals surface area contributed by atoms with Gasteiger partial charge in [-0.05, 0) is 35.9 Å². The molecule has 6 rings (SSSR count). The first kappa shape index (κ1) is 17.4. The Hall–Kier alpha value is -4.46. The molecule has 7 nitrogen and oxygen atoms in total. The predicted octanol–water partition coefficient (Wildman–Crippen LogP) is 4.76. The molecule has 0 spiro atoms. The molecule has 31 heavy (non-hydrogen) atoms. The van der Waals surface area contributed by atoms with Crippen LogP contribution >= 0.6 is 0 Å². The fraction of sp³-hybridized carbons (Fsp3) is 0. The lowest BCUT2D eigenvalue weighted by atomic mass is 10.0. The number of H-pyrrole nitrogens is 2. The summed E-state index contributed by atoms with van der Waals surface area (Å²) in [7, 11) is 0. The van der Waals surface area contributed by atoms with Gasteiger partial charge in [0.15, 0.2) is 0 Å². The van der Waals surface area contributed by atoms with E-state index in [-0.39, 0.29) is 5.82 Å². The van der Waals surface area contributed by atoms with Crippen molar-refractivity contribution in [3.63, 3.8) is 0 Å². The minimum atomic E-state index is -0.287. The Morgan fingerprint density at radius 3 is 2.58 bits per heavy atom. The number of benzene rings is 1. The fourth-order valence-corrected chi connectivity index (χ4v) is 3.74. The largest absolute Gasteiger partial charge is 0.352 e. The molecule has 0 fully saturated rings. The number of pyridine rings is 2. The van der Waals surface area contributed by atoms with E-state index in [1.165, 1.54) is 18.5 Å². The van der Waals surface area contributed by atoms with Crippen molar-refractivity contribution in [2.45, 2.75) is 0 Å². The molecular formula is C23H14FN7. The molecular weight excluding hydrogens is 393 g/mol. The molecule has 6 aromatic rings. The van der Waals surface area contributed by atoms with Crippen molar-refractivity contribution in [3.8, 4) is 33.8 Å². The summed E-state index contributed by atoms with van der Waals surface area (Å²) in [5, 5.41) is 8.45. The molecule has 0 atom stereocenters. The van der Waals surface area contributed by atoms with Gasteiger partial charge in [0.05, 0.1) is 28.6 Å². The number of aromatic nitrogens is 7. The smallest absolute Gasteiger partial charge is 0.135 e. The lowest BCUT2D eigenvalue weighted by Crippen LogP contribution is -1.87. The highest BCUT2D eigenvalue weighted by atomic mass is 19.1. The van der Waals surface area contributed by atoms with Gasteiger partial charge in [0, 0.05) is 35.1 Å². The van der Waals surface area contributed by atoms with E-state index in [1.807, 2.05) is 24.3 Å². The number of aromatic amines is 2. The molecule has 0 radical (unpaired) electrons. The van der Waals surface area contributed by atoms with Gasteiger partial charge in [-0.25, -0.2) is 19.3 Å². The van der Waals surface area contributed by atoms with Gasteiger partial charge in [-0.15, -0.1) is 0 Å². The van der Waals surface area contributed by atoms with Crippen LogP contribution in [-0.4, -0.2) is 35.1 Å². The third-order valence-corrected chi connectivity index (χ3v) is 5.20. The van der Waals surface area contributed by atoms with Gasteiger partial charge in [-0.2, -0.15) is 5.10 Å². The molecule has 0 unspecified atom stereocenters. The average Bonchev–Trinajstić information content (AvgIpc) is 3.43. The van der Waals surface area contributed by atoms with Gasteiger partial charge in [0.1, 0.15) is 23.4 Å². The molecule has 0 saturated heterocycles. The van der Waals surface area contributed by atoms with E-state index < -0.39 is 0 Å². The minimum Gasteiger partial charge on any atom is -0.352 e. The second-order valence-corrected chi connectivity index (χ2v) is 7.13. The number of hydrogen-bond acceptors (Lipinski definition) is 5. The van der Waals surface area contributed by atoms with Crippen molar-refractivity contribution in [1.82, 2.24) is 35.1 Å². The highest BCUT2D eigenvalue weighted by Gasteiger charge is 2.16. The van der Waals surface area contributed by atoms with Crippen molar-refractivity contribution in [2.24, 2.45) is 0 Å². The Morgan fingerprint density at radius 2 is 1.71 bits per heavy atom. The Balaban J connectivity index is 1.52. The van der Waals surface area contributed by atoms with E-state index >= 15 is 0 Å². The SMILES string of the molecule is Fc1cccc(-c2cncc3[nH]c(-c4n[nH]c5ccc(-c6cncnc6)nc45)cc23)c1. The molecule has 0 aliphatic carbocycles. The summed E-state index contributed by atoms with van der Waals surface area (Å²) in [4.78, 5) is 20.6. The molecule has 5 heterocycles. The summed E-state index contributed by atoms with van der Waals surface area (Å²) in [5.41, 5.74) is 7.05. The molecule has 1 aromatic carbocycles. The van der Waals surface area contributed by atoms with Gasteiger partial charge in [0.2, 0.25) is 0 Å². The van der Waals surface area contributed by atoms with Crippen LogP contribution in [0.2, 0.25) is 0 Å². The van der Waals surface area contributed by atoms with Crippen LogP contribution in [0.1, 0.15) is 0 Å². The zero-order valence-corrected chi connectivity index (χ0v) is 16.0. The van der Waals surface area contributed by atoms with Crippen LogP contribution in [0.5, 0.6) is 0 Å². The van der Waals surface area contributed by atoms with Crippen LogP contribution in [0.25, 0.3) is 55.7 Å². The van der Waals surface area contributed by atoms with Crippen LogP contribution in [0.4, 0.5) is 4.39 Å². The minimum absolute atomic E-state index is 0.287. The summed E-state index contributed by atoms with van der Waals surface area (Å²) in [6.07, 6.45) is 8.42. The fourth-order valence-electron chi connectivity index (χ4n) is 3.74. The summed E-state index contributed by atoms with van der Waals surface area (Å²) >= 11 is 0. The number of rotatable bonds is 3. The molecule has 0 amide bonds. The van der Waals surface area contributed by atoms with E-state index in [2.05, 4.69) is 30.1 Å². The third kappa shape index (κ3) is 2.93. The monoisotopic (exact) mass is 407 g/mol. The van der Waals surface area contributed by atoms with Crippen molar-refractivity contribution >= 4 is 21.9 Å². The standard InChI is InChI=1S/C23H14FN7/c24-15-3-1-2-13(6-15)17-10-25-11-21-16(17)7-20(28-21)23-22-19(30-31-23)5-4-18(29-22)14-8-26-12-27-9-14/h1-12,28H,(H,30,31). The van der Waals surface area contributed by atoms with Gasteiger partial charge >= 0.3 is 0 Å². The number of fused-ring (bicyclic) bond motifs is 2. The Bertz CT molecular complexity index is 1550. The predicted molar refractivity (Wildman–Crippen MR) is 115 cm³/mol. The maximum Gasteiger partial charge on any atom is 0.135 e. The quantitative estimate of drug-likeness (QED) is 0.441. The summed E-state index contributed by atoms with van der Waals surface area (Å²) < 4.78 is 13.8.